The molecule has 0 saturated carbocycles. The number of aliphatic imine (C=N–C) groups is 1. The molecule has 1 aliphatic rings. The lowest BCUT2D eigenvalue weighted by Gasteiger charge is -2.21. The number of nitrogens with one attached hydrogen (secondary N) is 2. The van der Waals surface area contributed by atoms with Crippen molar-refractivity contribution < 1.29 is 0 Å². The lowest BCUT2D eigenvalue weighted by atomic mass is 10.2. The van der Waals surface area contributed by atoms with Crippen molar-refractivity contribution in [2.24, 2.45) is 4.99 Å². The molecule has 2 heterocycles. The molecule has 2 unspecified atom stereocenters. The third-order valence-corrected chi connectivity index (χ3v) is 4.78. The van der Waals surface area contributed by atoms with Crippen molar-refractivity contribution in [1.29, 1.82) is 0 Å². The summed E-state index contributed by atoms with van der Waals surface area (Å²) in [5.74, 6) is 0.901. The smallest absolute Gasteiger partial charge is 0.191 e. The number of hydrogen-bond donors (Lipinski definition) is 2. The van der Waals surface area contributed by atoms with Gasteiger partial charge in [-0.2, -0.15) is 5.10 Å². The fourth-order valence-corrected chi connectivity index (χ4v) is 3.45. The van der Waals surface area contributed by atoms with Crippen LogP contribution in [0.2, 0.25) is 0 Å². The number of guanidine groups is 1. The lowest BCUT2D eigenvalue weighted by Crippen LogP contribution is -2.44. The molecule has 1 aromatic carbocycles. The summed E-state index contributed by atoms with van der Waals surface area (Å²) < 4.78 is 1.91. The molecule has 1 aliphatic heterocycles. The van der Waals surface area contributed by atoms with E-state index in [4.69, 9.17) is 4.99 Å². The Hall–Kier alpha value is -1.61. The van der Waals surface area contributed by atoms with Crippen LogP contribution in [0.1, 0.15) is 25.8 Å². The molecule has 2 atom stereocenters. The first-order chi connectivity index (χ1) is 12.7. The number of halogens is 1. The average Bonchev–Trinajstić information content (AvgIpc) is 3.26. The Bertz CT molecular complexity index is 673. The van der Waals surface area contributed by atoms with Crippen molar-refractivity contribution in [2.45, 2.75) is 45.4 Å². The highest BCUT2D eigenvalue weighted by molar-refractivity contribution is 14.0. The standard InChI is InChI=1S/C20H30N6.HI/c1-3-21-20(22-11-13-26-12-7-10-23-26)24-19-14-17(2)25(16-19)15-18-8-5-4-6-9-18;/h4-10,12,17,19H,3,11,13-16H2,1-2H3,(H2,21,22,24);1H. The van der Waals surface area contributed by atoms with E-state index in [1.165, 1.54) is 5.56 Å². The van der Waals surface area contributed by atoms with Gasteiger partial charge in [-0.3, -0.25) is 14.6 Å². The largest absolute Gasteiger partial charge is 0.357 e. The highest BCUT2D eigenvalue weighted by Crippen LogP contribution is 2.20. The maximum atomic E-state index is 4.70. The van der Waals surface area contributed by atoms with Crippen LogP contribution in [-0.4, -0.2) is 52.4 Å². The lowest BCUT2D eigenvalue weighted by molar-refractivity contribution is 0.258. The first-order valence-corrected chi connectivity index (χ1v) is 9.55. The van der Waals surface area contributed by atoms with E-state index >= 15 is 0 Å². The summed E-state index contributed by atoms with van der Waals surface area (Å²) in [5, 5.41) is 11.2. The number of nitrogens with zero attached hydrogens (tertiary/aromatic N) is 4. The van der Waals surface area contributed by atoms with Crippen molar-refractivity contribution >= 4 is 29.9 Å². The molecule has 3 rings (SSSR count). The second-order valence-electron chi connectivity index (χ2n) is 6.87. The highest BCUT2D eigenvalue weighted by Gasteiger charge is 2.29. The Labute approximate surface area is 179 Å². The predicted octanol–water partition coefficient (Wildman–Crippen LogP) is 2.72. The van der Waals surface area contributed by atoms with Crippen LogP contribution in [-0.2, 0) is 13.1 Å². The SMILES string of the molecule is CCNC(=NCCn1cccn1)NC1CC(C)N(Cc2ccccc2)C1.I. The fourth-order valence-electron chi connectivity index (χ4n) is 3.45. The molecule has 2 aromatic rings. The van der Waals surface area contributed by atoms with E-state index in [9.17, 15) is 0 Å². The van der Waals surface area contributed by atoms with E-state index < -0.39 is 0 Å². The van der Waals surface area contributed by atoms with Gasteiger partial charge < -0.3 is 10.6 Å². The van der Waals surface area contributed by atoms with E-state index in [2.05, 4.69) is 64.8 Å². The van der Waals surface area contributed by atoms with Crippen LogP contribution in [0.4, 0.5) is 0 Å². The number of benzene rings is 1. The molecule has 27 heavy (non-hydrogen) atoms. The van der Waals surface area contributed by atoms with Gasteiger partial charge in [0.1, 0.15) is 0 Å². The van der Waals surface area contributed by atoms with Crippen LogP contribution in [0.5, 0.6) is 0 Å². The summed E-state index contributed by atoms with van der Waals surface area (Å²) in [7, 11) is 0. The number of rotatable bonds is 7. The average molecular weight is 482 g/mol. The van der Waals surface area contributed by atoms with Gasteiger partial charge in [0.15, 0.2) is 5.96 Å². The van der Waals surface area contributed by atoms with Crippen LogP contribution in [0.15, 0.2) is 53.8 Å². The molecule has 6 nitrogen and oxygen atoms in total. The van der Waals surface area contributed by atoms with Crippen LogP contribution < -0.4 is 10.6 Å². The topological polar surface area (TPSA) is 57.5 Å². The minimum atomic E-state index is 0. The Morgan fingerprint density at radius 3 is 2.78 bits per heavy atom. The molecular formula is C20H31IN6. The maximum Gasteiger partial charge on any atom is 0.191 e. The Balaban J connectivity index is 0.00000261. The van der Waals surface area contributed by atoms with Crippen LogP contribution in [0.3, 0.4) is 0 Å². The zero-order chi connectivity index (χ0) is 18.2. The fraction of sp³-hybridized carbons (Fsp3) is 0.500. The second kappa shape index (κ2) is 11.3. The van der Waals surface area contributed by atoms with Gasteiger partial charge >= 0.3 is 0 Å². The Morgan fingerprint density at radius 1 is 1.26 bits per heavy atom. The highest BCUT2D eigenvalue weighted by atomic mass is 127. The molecule has 0 aliphatic carbocycles. The van der Waals surface area contributed by atoms with Crippen molar-refractivity contribution in [3.05, 3.63) is 54.4 Å². The molecule has 0 spiro atoms. The van der Waals surface area contributed by atoms with Crippen molar-refractivity contribution in [2.75, 3.05) is 19.6 Å². The Morgan fingerprint density at radius 2 is 2.07 bits per heavy atom. The summed E-state index contributed by atoms with van der Waals surface area (Å²) >= 11 is 0. The van der Waals surface area contributed by atoms with Crippen molar-refractivity contribution in [3.8, 4) is 0 Å². The molecule has 0 radical (unpaired) electrons. The molecule has 1 fully saturated rings. The molecular weight excluding hydrogens is 451 g/mol. The predicted molar refractivity (Wildman–Crippen MR) is 121 cm³/mol. The molecule has 1 aromatic heterocycles. The van der Waals surface area contributed by atoms with Crippen molar-refractivity contribution in [1.82, 2.24) is 25.3 Å². The number of hydrogen-bond acceptors (Lipinski definition) is 3. The number of aromatic nitrogens is 2. The minimum absolute atomic E-state index is 0. The maximum absolute atomic E-state index is 4.70. The summed E-state index contributed by atoms with van der Waals surface area (Å²) in [5.41, 5.74) is 1.37. The third kappa shape index (κ3) is 6.80. The quantitative estimate of drug-likeness (QED) is 0.362. The minimum Gasteiger partial charge on any atom is -0.357 e. The zero-order valence-electron chi connectivity index (χ0n) is 16.2. The summed E-state index contributed by atoms with van der Waals surface area (Å²) in [6.07, 6.45) is 4.90. The Kier molecular flexibility index (Phi) is 9.06. The van der Waals surface area contributed by atoms with E-state index in [0.29, 0.717) is 18.6 Å². The van der Waals surface area contributed by atoms with Gasteiger partial charge in [0.25, 0.3) is 0 Å². The van der Waals surface area contributed by atoms with E-state index in [1.54, 1.807) is 6.20 Å². The molecule has 0 bridgehead atoms. The van der Waals surface area contributed by atoms with Gasteiger partial charge in [0.2, 0.25) is 0 Å². The van der Waals surface area contributed by atoms with Crippen LogP contribution in [0.25, 0.3) is 0 Å². The van der Waals surface area contributed by atoms with Gasteiger partial charge in [0, 0.05) is 44.1 Å². The van der Waals surface area contributed by atoms with Gasteiger partial charge in [-0.1, -0.05) is 30.3 Å². The van der Waals surface area contributed by atoms with E-state index in [1.807, 2.05) is 16.9 Å². The number of likely N-dealkylation sites (tertiary alicyclic amines) is 1. The molecule has 148 valence electrons. The van der Waals surface area contributed by atoms with Gasteiger partial charge in [-0.05, 0) is 31.9 Å². The zero-order valence-corrected chi connectivity index (χ0v) is 18.5. The summed E-state index contributed by atoms with van der Waals surface area (Å²) in [6, 6.07) is 13.6. The molecule has 7 heteroatoms. The monoisotopic (exact) mass is 482 g/mol. The van der Waals surface area contributed by atoms with Crippen LogP contribution >= 0.6 is 24.0 Å². The van der Waals surface area contributed by atoms with Gasteiger partial charge in [0.05, 0.1) is 13.1 Å². The third-order valence-electron chi connectivity index (χ3n) is 4.78. The van der Waals surface area contributed by atoms with E-state index in [-0.39, 0.29) is 24.0 Å². The van der Waals surface area contributed by atoms with Gasteiger partial charge in [-0.25, -0.2) is 0 Å². The first-order valence-electron chi connectivity index (χ1n) is 9.55. The summed E-state index contributed by atoms with van der Waals surface area (Å²) in [4.78, 5) is 7.24. The molecule has 2 N–H and O–H groups in total. The summed E-state index contributed by atoms with van der Waals surface area (Å²) in [6.45, 7) is 8.84. The normalized spacial score (nSPS) is 20.3. The molecule has 0 amide bonds. The molecule has 1 saturated heterocycles. The van der Waals surface area contributed by atoms with Crippen molar-refractivity contribution in [3.63, 3.8) is 0 Å². The van der Waals surface area contributed by atoms with E-state index in [0.717, 1.165) is 38.6 Å². The van der Waals surface area contributed by atoms with Crippen LogP contribution in [0, 0.1) is 0 Å². The second-order valence-corrected chi connectivity index (χ2v) is 6.87. The first kappa shape index (κ1) is 21.7. The van der Waals surface area contributed by atoms with Gasteiger partial charge in [-0.15, -0.1) is 24.0 Å².